The van der Waals surface area contributed by atoms with Crippen LogP contribution in [0.1, 0.15) is 40.5 Å². The minimum atomic E-state index is -0.282. The lowest BCUT2D eigenvalue weighted by atomic mass is 9.80. The summed E-state index contributed by atoms with van der Waals surface area (Å²) in [5.41, 5.74) is -0.254. The second kappa shape index (κ2) is 6.23. The molecule has 0 fully saturated rings. The van der Waals surface area contributed by atoms with Gasteiger partial charge in [0.15, 0.2) is 0 Å². The topological polar surface area (TPSA) is 50.1 Å². The van der Waals surface area contributed by atoms with Gasteiger partial charge in [0, 0.05) is 18.4 Å². The molecule has 1 unspecified atom stereocenters. The van der Waals surface area contributed by atoms with Gasteiger partial charge in [0.25, 0.3) is 0 Å². The van der Waals surface area contributed by atoms with Crippen LogP contribution in [0.2, 0.25) is 0 Å². The number of esters is 1. The van der Waals surface area contributed by atoms with E-state index in [0.717, 1.165) is 12.8 Å². The molecule has 0 aliphatic heterocycles. The van der Waals surface area contributed by atoms with Crippen LogP contribution in [-0.2, 0) is 9.53 Å². The normalized spacial score (nSPS) is 16.7. The first-order valence-electron chi connectivity index (χ1n) is 5.20. The number of allylic oxidation sites excluding steroid dienone is 1. The van der Waals surface area contributed by atoms with Gasteiger partial charge < -0.3 is 4.74 Å². The zero-order chi connectivity index (χ0) is 11.9. The van der Waals surface area contributed by atoms with Crippen molar-refractivity contribution in [2.75, 3.05) is 0 Å². The molecule has 0 N–H and O–H groups in total. The van der Waals surface area contributed by atoms with Crippen molar-refractivity contribution in [3.8, 4) is 6.07 Å². The van der Waals surface area contributed by atoms with Gasteiger partial charge in [-0.15, -0.1) is 0 Å². The number of carbonyl (C=O) groups excluding carboxylic acids is 1. The van der Waals surface area contributed by atoms with Crippen LogP contribution in [-0.4, -0.2) is 12.1 Å². The lowest BCUT2D eigenvalue weighted by Crippen LogP contribution is -2.31. The zero-order valence-electron chi connectivity index (χ0n) is 9.91. The maximum atomic E-state index is 10.9. The summed E-state index contributed by atoms with van der Waals surface area (Å²) in [5.74, 6) is -0.282. The molecular weight excluding hydrogens is 190 g/mol. The van der Waals surface area contributed by atoms with E-state index in [-0.39, 0.29) is 17.5 Å². The summed E-state index contributed by atoms with van der Waals surface area (Å²) in [4.78, 5) is 10.9. The molecule has 0 aromatic carbocycles. The third kappa shape index (κ3) is 4.64. The number of carbonyl (C=O) groups is 1. The average Bonchev–Trinajstić information content (AvgIpc) is 2.14. The summed E-state index contributed by atoms with van der Waals surface area (Å²) in [6.07, 6.45) is 4.94. The highest BCUT2D eigenvalue weighted by atomic mass is 16.5. The first-order chi connectivity index (χ1) is 6.96. The third-order valence-corrected chi connectivity index (χ3v) is 2.60. The zero-order valence-corrected chi connectivity index (χ0v) is 9.91. The van der Waals surface area contributed by atoms with Gasteiger partial charge in [-0.2, -0.15) is 5.26 Å². The molecule has 0 spiro atoms. The Kier molecular flexibility index (Phi) is 5.69. The molecule has 0 aliphatic carbocycles. The van der Waals surface area contributed by atoms with E-state index in [1.807, 2.05) is 26.0 Å². The van der Waals surface area contributed by atoms with Gasteiger partial charge in [0.2, 0.25) is 0 Å². The molecule has 0 radical (unpaired) electrons. The monoisotopic (exact) mass is 209 g/mol. The standard InChI is InChI=1S/C12H19NO2/c1-5-7-12(4,8-6-9-13)10(2)15-11(3)14/h6,8,10H,5,7H2,1-4H3/b8-6+/t10?,12-/m0/s1. The van der Waals surface area contributed by atoms with Gasteiger partial charge >= 0.3 is 5.97 Å². The third-order valence-electron chi connectivity index (χ3n) is 2.60. The van der Waals surface area contributed by atoms with Crippen LogP contribution in [0.5, 0.6) is 0 Å². The predicted octanol–water partition coefficient (Wildman–Crippen LogP) is 2.82. The molecule has 0 saturated heterocycles. The molecule has 84 valence electrons. The van der Waals surface area contributed by atoms with E-state index in [4.69, 9.17) is 10.00 Å². The summed E-state index contributed by atoms with van der Waals surface area (Å²) in [5, 5.41) is 8.52. The Labute approximate surface area is 91.7 Å². The Morgan fingerprint density at radius 1 is 1.67 bits per heavy atom. The largest absolute Gasteiger partial charge is 0.462 e. The summed E-state index contributed by atoms with van der Waals surface area (Å²) in [7, 11) is 0. The Balaban J connectivity index is 4.69. The Hall–Kier alpha value is -1.30. The van der Waals surface area contributed by atoms with Crippen LogP contribution in [0.3, 0.4) is 0 Å². The molecule has 3 nitrogen and oxygen atoms in total. The summed E-state index contributed by atoms with van der Waals surface area (Å²) in [6.45, 7) is 7.33. The van der Waals surface area contributed by atoms with Crippen LogP contribution >= 0.6 is 0 Å². The van der Waals surface area contributed by atoms with Crippen molar-refractivity contribution in [2.24, 2.45) is 5.41 Å². The quantitative estimate of drug-likeness (QED) is 0.516. The van der Waals surface area contributed by atoms with Gasteiger partial charge in [0.05, 0.1) is 6.07 Å². The molecule has 0 bridgehead atoms. The minimum Gasteiger partial charge on any atom is -0.462 e. The number of rotatable bonds is 5. The summed E-state index contributed by atoms with van der Waals surface area (Å²) < 4.78 is 5.17. The smallest absolute Gasteiger partial charge is 0.302 e. The average molecular weight is 209 g/mol. The molecular formula is C12H19NO2. The highest BCUT2D eigenvalue weighted by Gasteiger charge is 2.29. The van der Waals surface area contributed by atoms with E-state index in [1.165, 1.54) is 13.0 Å². The van der Waals surface area contributed by atoms with Crippen molar-refractivity contribution in [3.05, 3.63) is 12.2 Å². The molecule has 0 rings (SSSR count). The molecule has 15 heavy (non-hydrogen) atoms. The first kappa shape index (κ1) is 13.7. The molecule has 2 atom stereocenters. The van der Waals surface area contributed by atoms with Crippen molar-refractivity contribution in [3.63, 3.8) is 0 Å². The highest BCUT2D eigenvalue weighted by Crippen LogP contribution is 2.31. The molecule has 0 aliphatic rings. The van der Waals surface area contributed by atoms with Crippen LogP contribution in [0.4, 0.5) is 0 Å². The van der Waals surface area contributed by atoms with Gasteiger partial charge in [-0.05, 0) is 13.3 Å². The number of hydrogen-bond acceptors (Lipinski definition) is 3. The maximum absolute atomic E-state index is 10.9. The van der Waals surface area contributed by atoms with E-state index in [2.05, 4.69) is 6.92 Å². The summed E-state index contributed by atoms with van der Waals surface area (Å²) >= 11 is 0. The van der Waals surface area contributed by atoms with Gasteiger partial charge in [-0.25, -0.2) is 0 Å². The predicted molar refractivity (Wildman–Crippen MR) is 59.0 cm³/mol. The van der Waals surface area contributed by atoms with Crippen molar-refractivity contribution < 1.29 is 9.53 Å². The van der Waals surface area contributed by atoms with Gasteiger partial charge in [-0.3, -0.25) is 4.79 Å². The maximum Gasteiger partial charge on any atom is 0.302 e. The first-order valence-corrected chi connectivity index (χ1v) is 5.20. The number of nitriles is 1. The Morgan fingerprint density at radius 3 is 2.67 bits per heavy atom. The molecule has 0 amide bonds. The second-order valence-corrected chi connectivity index (χ2v) is 3.97. The van der Waals surface area contributed by atoms with Crippen LogP contribution in [0.15, 0.2) is 12.2 Å². The van der Waals surface area contributed by atoms with Gasteiger partial charge in [-0.1, -0.05) is 26.3 Å². The van der Waals surface area contributed by atoms with E-state index in [9.17, 15) is 4.79 Å². The van der Waals surface area contributed by atoms with Crippen molar-refractivity contribution in [1.82, 2.24) is 0 Å². The molecule has 0 heterocycles. The molecule has 0 aromatic rings. The highest BCUT2D eigenvalue weighted by molar-refractivity contribution is 5.66. The molecule has 0 aromatic heterocycles. The number of ether oxygens (including phenoxy) is 1. The van der Waals surface area contributed by atoms with Crippen LogP contribution in [0, 0.1) is 16.7 Å². The van der Waals surface area contributed by atoms with Crippen molar-refractivity contribution in [2.45, 2.75) is 46.6 Å². The Morgan fingerprint density at radius 2 is 2.27 bits per heavy atom. The van der Waals surface area contributed by atoms with Crippen LogP contribution in [0.25, 0.3) is 0 Å². The van der Waals surface area contributed by atoms with Crippen molar-refractivity contribution in [1.29, 1.82) is 5.26 Å². The van der Waals surface area contributed by atoms with Crippen LogP contribution < -0.4 is 0 Å². The van der Waals surface area contributed by atoms with Gasteiger partial charge in [0.1, 0.15) is 6.10 Å². The fourth-order valence-corrected chi connectivity index (χ4v) is 1.57. The summed E-state index contributed by atoms with van der Waals surface area (Å²) in [6, 6.07) is 1.97. The van der Waals surface area contributed by atoms with E-state index in [0.29, 0.717) is 0 Å². The SMILES string of the molecule is CCC[C@@](C)(/C=C/C#N)C(C)OC(C)=O. The van der Waals surface area contributed by atoms with E-state index < -0.39 is 0 Å². The second-order valence-electron chi connectivity index (χ2n) is 3.97. The molecule has 3 heteroatoms. The fourth-order valence-electron chi connectivity index (χ4n) is 1.57. The minimum absolute atomic E-state index is 0.209. The van der Waals surface area contributed by atoms with Crippen molar-refractivity contribution >= 4 is 5.97 Å². The van der Waals surface area contributed by atoms with E-state index >= 15 is 0 Å². The lowest BCUT2D eigenvalue weighted by molar-refractivity contribution is -0.150. The molecule has 0 saturated carbocycles. The number of hydrogen-bond donors (Lipinski definition) is 0. The Bertz CT molecular complexity index is 278. The lowest BCUT2D eigenvalue weighted by Gasteiger charge is -2.31. The fraction of sp³-hybridized carbons (Fsp3) is 0.667. The van der Waals surface area contributed by atoms with E-state index in [1.54, 1.807) is 0 Å². The number of nitrogens with zero attached hydrogens (tertiary/aromatic N) is 1.